The number of amides is 1. The Morgan fingerprint density at radius 3 is 2.71 bits per heavy atom. The fourth-order valence-electron chi connectivity index (χ4n) is 2.13. The molecule has 1 amide bonds. The van der Waals surface area contributed by atoms with Crippen LogP contribution in [0.3, 0.4) is 0 Å². The van der Waals surface area contributed by atoms with Crippen molar-refractivity contribution < 1.29 is 14.7 Å². The lowest BCUT2D eigenvalue weighted by atomic mass is 9.96. The molecule has 1 heterocycles. The van der Waals surface area contributed by atoms with E-state index in [0.29, 0.717) is 5.56 Å². The zero-order valence-corrected chi connectivity index (χ0v) is 12.0. The van der Waals surface area contributed by atoms with Crippen molar-refractivity contribution in [2.75, 3.05) is 6.54 Å². The van der Waals surface area contributed by atoms with Crippen molar-refractivity contribution in [3.63, 3.8) is 0 Å². The van der Waals surface area contributed by atoms with Crippen LogP contribution < -0.4 is 5.32 Å². The molecule has 1 aromatic carbocycles. The number of carbonyl (C=O) groups excluding carboxylic acids is 1. The van der Waals surface area contributed by atoms with Crippen LogP contribution >= 0.6 is 0 Å². The predicted octanol–water partition coefficient (Wildman–Crippen LogP) is 2.32. The predicted molar refractivity (Wildman–Crippen MR) is 80.0 cm³/mol. The number of nitrogens with zero attached hydrogens (tertiary/aromatic N) is 1. The number of nitrogens with one attached hydrogen (secondary N) is 1. The highest BCUT2D eigenvalue weighted by atomic mass is 16.4. The number of carboxylic acids is 1. The normalized spacial score (nSPS) is 12.3. The summed E-state index contributed by atoms with van der Waals surface area (Å²) in [6.07, 6.45) is 1.70. The number of hydrogen-bond acceptors (Lipinski definition) is 3. The van der Waals surface area contributed by atoms with Crippen molar-refractivity contribution >= 4 is 22.8 Å². The van der Waals surface area contributed by atoms with Gasteiger partial charge in [-0.05, 0) is 30.2 Å². The van der Waals surface area contributed by atoms with E-state index in [1.807, 2.05) is 26.0 Å². The molecule has 2 aromatic rings. The molecule has 2 rings (SSSR count). The van der Waals surface area contributed by atoms with Crippen molar-refractivity contribution in [1.82, 2.24) is 10.3 Å². The lowest BCUT2D eigenvalue weighted by Crippen LogP contribution is -2.35. The van der Waals surface area contributed by atoms with Crippen LogP contribution in [0.15, 0.2) is 36.5 Å². The molecule has 1 aromatic heterocycles. The number of hydrogen-bond donors (Lipinski definition) is 2. The molecule has 0 radical (unpaired) electrons. The Hall–Kier alpha value is -2.43. The van der Waals surface area contributed by atoms with Gasteiger partial charge in [0.25, 0.3) is 5.91 Å². The van der Waals surface area contributed by atoms with E-state index in [1.165, 1.54) is 0 Å². The molecule has 0 aliphatic rings. The summed E-state index contributed by atoms with van der Waals surface area (Å²) in [7, 11) is 0. The molecule has 0 spiro atoms. The molecular weight excluding hydrogens is 268 g/mol. The van der Waals surface area contributed by atoms with E-state index in [-0.39, 0.29) is 18.4 Å². The van der Waals surface area contributed by atoms with Crippen molar-refractivity contribution in [3.8, 4) is 0 Å². The first-order chi connectivity index (χ1) is 9.99. The molecule has 0 saturated heterocycles. The molecule has 21 heavy (non-hydrogen) atoms. The molecule has 0 saturated carbocycles. The maximum Gasteiger partial charge on any atom is 0.308 e. The first kappa shape index (κ1) is 15.0. The Balaban J connectivity index is 2.10. The van der Waals surface area contributed by atoms with Crippen molar-refractivity contribution in [1.29, 1.82) is 0 Å². The number of rotatable bonds is 5. The molecule has 0 aliphatic heterocycles. The lowest BCUT2D eigenvalue weighted by Gasteiger charge is -2.16. The second-order valence-corrected chi connectivity index (χ2v) is 5.31. The zero-order chi connectivity index (χ0) is 15.4. The van der Waals surface area contributed by atoms with Gasteiger partial charge in [-0.1, -0.05) is 19.9 Å². The zero-order valence-electron chi connectivity index (χ0n) is 12.0. The van der Waals surface area contributed by atoms with Gasteiger partial charge in [-0.3, -0.25) is 14.6 Å². The van der Waals surface area contributed by atoms with Gasteiger partial charge in [0.1, 0.15) is 0 Å². The van der Waals surface area contributed by atoms with E-state index in [1.54, 1.807) is 24.4 Å². The molecule has 1 unspecified atom stereocenters. The number of aliphatic carboxylic acids is 1. The van der Waals surface area contributed by atoms with Crippen LogP contribution in [0.1, 0.15) is 24.2 Å². The number of benzene rings is 1. The van der Waals surface area contributed by atoms with Gasteiger partial charge >= 0.3 is 5.97 Å². The third-order valence-corrected chi connectivity index (χ3v) is 3.47. The maximum absolute atomic E-state index is 12.1. The molecule has 5 heteroatoms. The van der Waals surface area contributed by atoms with Crippen molar-refractivity contribution in [2.24, 2.45) is 11.8 Å². The van der Waals surface area contributed by atoms with Gasteiger partial charge in [0.15, 0.2) is 0 Å². The van der Waals surface area contributed by atoms with Crippen LogP contribution in [0.25, 0.3) is 10.9 Å². The average Bonchev–Trinajstić information content (AvgIpc) is 2.46. The minimum absolute atomic E-state index is 0.0383. The summed E-state index contributed by atoms with van der Waals surface area (Å²) >= 11 is 0. The Morgan fingerprint density at radius 1 is 1.29 bits per heavy atom. The number of carboxylic acid groups (broad SMARTS) is 1. The van der Waals surface area contributed by atoms with Crippen LogP contribution in [0.4, 0.5) is 0 Å². The topological polar surface area (TPSA) is 79.3 Å². The molecule has 0 bridgehead atoms. The highest BCUT2D eigenvalue weighted by molar-refractivity contribution is 5.98. The van der Waals surface area contributed by atoms with E-state index in [0.717, 1.165) is 10.9 Å². The van der Waals surface area contributed by atoms with E-state index >= 15 is 0 Å². The molecule has 2 N–H and O–H groups in total. The molecule has 5 nitrogen and oxygen atoms in total. The molecule has 110 valence electrons. The third kappa shape index (κ3) is 3.56. The Labute approximate surface area is 123 Å². The molecule has 0 aliphatic carbocycles. The van der Waals surface area contributed by atoms with Crippen LogP contribution in [-0.2, 0) is 4.79 Å². The van der Waals surface area contributed by atoms with Gasteiger partial charge in [-0.25, -0.2) is 0 Å². The number of aromatic nitrogens is 1. The van der Waals surface area contributed by atoms with Gasteiger partial charge in [-0.15, -0.1) is 0 Å². The minimum atomic E-state index is -0.895. The van der Waals surface area contributed by atoms with Gasteiger partial charge in [0.2, 0.25) is 0 Å². The summed E-state index contributed by atoms with van der Waals surface area (Å²) in [5.41, 5.74) is 1.32. The van der Waals surface area contributed by atoms with Crippen LogP contribution in [0.5, 0.6) is 0 Å². The monoisotopic (exact) mass is 286 g/mol. The molecule has 0 fully saturated rings. The second kappa shape index (κ2) is 6.35. The summed E-state index contributed by atoms with van der Waals surface area (Å²) in [5.74, 6) is -1.79. The quantitative estimate of drug-likeness (QED) is 0.884. The van der Waals surface area contributed by atoms with Gasteiger partial charge < -0.3 is 10.4 Å². The Bertz CT molecular complexity index is 667. The lowest BCUT2D eigenvalue weighted by molar-refractivity contribution is -0.142. The Kier molecular flexibility index (Phi) is 4.52. The number of pyridine rings is 1. The van der Waals surface area contributed by atoms with Gasteiger partial charge in [-0.2, -0.15) is 0 Å². The first-order valence-electron chi connectivity index (χ1n) is 6.85. The summed E-state index contributed by atoms with van der Waals surface area (Å²) < 4.78 is 0. The SMILES string of the molecule is CC(C)C(CNC(=O)c1ccc2ncccc2c1)C(=O)O. The summed E-state index contributed by atoms with van der Waals surface area (Å²) in [5, 5.41) is 12.7. The fraction of sp³-hybridized carbons (Fsp3) is 0.312. The highest BCUT2D eigenvalue weighted by Gasteiger charge is 2.22. The van der Waals surface area contributed by atoms with Crippen molar-refractivity contribution in [2.45, 2.75) is 13.8 Å². The number of fused-ring (bicyclic) bond motifs is 1. The standard InChI is InChI=1S/C16H18N2O3/c1-10(2)13(16(20)21)9-18-15(19)12-5-6-14-11(8-12)4-3-7-17-14/h3-8,10,13H,9H2,1-2H3,(H,18,19)(H,20,21). The van der Waals surface area contributed by atoms with Gasteiger partial charge in [0.05, 0.1) is 11.4 Å². The maximum atomic E-state index is 12.1. The van der Waals surface area contributed by atoms with Gasteiger partial charge in [0, 0.05) is 23.7 Å². The summed E-state index contributed by atoms with van der Waals surface area (Å²) in [6.45, 7) is 3.77. The third-order valence-electron chi connectivity index (χ3n) is 3.47. The average molecular weight is 286 g/mol. The molecule has 1 atom stereocenters. The Morgan fingerprint density at radius 2 is 2.05 bits per heavy atom. The first-order valence-corrected chi connectivity index (χ1v) is 6.85. The van der Waals surface area contributed by atoms with E-state index in [2.05, 4.69) is 10.3 Å². The minimum Gasteiger partial charge on any atom is -0.481 e. The van der Waals surface area contributed by atoms with Crippen LogP contribution in [0, 0.1) is 11.8 Å². The number of carbonyl (C=O) groups is 2. The largest absolute Gasteiger partial charge is 0.481 e. The summed E-state index contributed by atoms with van der Waals surface area (Å²) in [4.78, 5) is 27.4. The smallest absolute Gasteiger partial charge is 0.308 e. The molecular formula is C16H18N2O3. The van der Waals surface area contributed by atoms with E-state index < -0.39 is 11.9 Å². The van der Waals surface area contributed by atoms with Crippen LogP contribution in [0.2, 0.25) is 0 Å². The van der Waals surface area contributed by atoms with E-state index in [4.69, 9.17) is 5.11 Å². The highest BCUT2D eigenvalue weighted by Crippen LogP contribution is 2.14. The van der Waals surface area contributed by atoms with Crippen LogP contribution in [-0.4, -0.2) is 28.5 Å². The second-order valence-electron chi connectivity index (χ2n) is 5.31. The van der Waals surface area contributed by atoms with E-state index in [9.17, 15) is 9.59 Å². The van der Waals surface area contributed by atoms with Crippen molar-refractivity contribution in [3.05, 3.63) is 42.1 Å². The summed E-state index contributed by atoms with van der Waals surface area (Å²) in [6, 6.07) is 8.91. The fourth-order valence-corrected chi connectivity index (χ4v) is 2.13.